The third-order valence-electron chi connectivity index (χ3n) is 5.21. The number of anilines is 2. The Hall–Kier alpha value is -2.71. The van der Waals surface area contributed by atoms with Crippen LogP contribution in [0.3, 0.4) is 0 Å². The van der Waals surface area contributed by atoms with Gasteiger partial charge < -0.3 is 20.2 Å². The first-order valence-electron chi connectivity index (χ1n) is 9.41. The fourth-order valence-electron chi connectivity index (χ4n) is 3.66. The largest absolute Gasteiger partial charge is 0.465 e. The Kier molecular flexibility index (Phi) is 6.58. The van der Waals surface area contributed by atoms with Gasteiger partial charge in [0.05, 0.1) is 11.0 Å². The van der Waals surface area contributed by atoms with Crippen LogP contribution in [0.2, 0.25) is 10.0 Å². The average molecular weight is 453 g/mol. The van der Waals surface area contributed by atoms with E-state index in [-0.39, 0.29) is 17.8 Å². The van der Waals surface area contributed by atoms with Crippen LogP contribution in [0.4, 0.5) is 21.9 Å². The van der Waals surface area contributed by atoms with Crippen molar-refractivity contribution in [1.29, 1.82) is 0 Å². The monoisotopic (exact) mass is 452 g/mol. The molecule has 0 aliphatic carbocycles. The van der Waals surface area contributed by atoms with Crippen LogP contribution in [-0.4, -0.2) is 46.7 Å². The van der Waals surface area contributed by atoms with Gasteiger partial charge in [0.1, 0.15) is 5.69 Å². The van der Waals surface area contributed by atoms with Crippen molar-refractivity contribution in [2.45, 2.75) is 25.9 Å². The van der Waals surface area contributed by atoms with Crippen LogP contribution >= 0.6 is 23.2 Å². The van der Waals surface area contributed by atoms with Gasteiger partial charge >= 0.3 is 6.09 Å². The van der Waals surface area contributed by atoms with E-state index in [9.17, 15) is 20.0 Å². The molecule has 0 aromatic heterocycles. The van der Waals surface area contributed by atoms with Gasteiger partial charge in [-0.3, -0.25) is 10.1 Å². The molecule has 3 rings (SSSR count). The first kappa shape index (κ1) is 22.0. The zero-order valence-corrected chi connectivity index (χ0v) is 18.0. The second-order valence-corrected chi connectivity index (χ2v) is 8.11. The highest BCUT2D eigenvalue weighted by Crippen LogP contribution is 2.35. The van der Waals surface area contributed by atoms with E-state index in [2.05, 4.69) is 5.32 Å². The number of nitro groups is 1. The standard InChI is InChI=1S/C20H22Cl2N4O4/c1-12-11-24(20(27)28)7-8-25(12)15-4-6-19(26(29)30)18(10-15)23-13(2)16-5-3-14(21)9-17(16)22/h3-6,9-10,12-13,23H,7-8,11H2,1-2H3,(H,27,28)/t12?,13-/m1/s1. The number of halogens is 2. The summed E-state index contributed by atoms with van der Waals surface area (Å²) >= 11 is 12.2. The fraction of sp³-hybridized carbons (Fsp3) is 0.350. The van der Waals surface area contributed by atoms with Crippen molar-refractivity contribution < 1.29 is 14.8 Å². The first-order valence-corrected chi connectivity index (χ1v) is 10.2. The van der Waals surface area contributed by atoms with E-state index >= 15 is 0 Å². The number of rotatable bonds is 5. The molecule has 1 saturated heterocycles. The molecule has 1 heterocycles. The van der Waals surface area contributed by atoms with Crippen LogP contribution < -0.4 is 10.2 Å². The number of hydrogen-bond acceptors (Lipinski definition) is 5. The zero-order chi connectivity index (χ0) is 22.0. The minimum atomic E-state index is -0.943. The second-order valence-electron chi connectivity index (χ2n) is 7.26. The van der Waals surface area contributed by atoms with Crippen molar-refractivity contribution in [2.75, 3.05) is 29.9 Å². The van der Waals surface area contributed by atoms with Gasteiger partial charge in [0, 0.05) is 47.5 Å². The number of nitrogens with zero attached hydrogens (tertiary/aromatic N) is 3. The molecule has 8 nitrogen and oxygen atoms in total. The number of nitrogens with one attached hydrogen (secondary N) is 1. The Balaban J connectivity index is 1.88. The van der Waals surface area contributed by atoms with Crippen LogP contribution in [0, 0.1) is 10.1 Å². The smallest absolute Gasteiger partial charge is 0.407 e. The van der Waals surface area contributed by atoms with Crippen LogP contribution in [0.1, 0.15) is 25.5 Å². The number of benzene rings is 2. The molecule has 1 unspecified atom stereocenters. The SMILES string of the molecule is CC1CN(C(=O)O)CCN1c1ccc([N+](=O)[O-])c(N[C@H](C)c2ccc(Cl)cc2Cl)c1. The van der Waals surface area contributed by atoms with E-state index < -0.39 is 11.0 Å². The van der Waals surface area contributed by atoms with Crippen molar-refractivity contribution in [3.63, 3.8) is 0 Å². The predicted molar refractivity (Wildman–Crippen MR) is 118 cm³/mol. The van der Waals surface area contributed by atoms with Crippen LogP contribution in [0.5, 0.6) is 0 Å². The van der Waals surface area contributed by atoms with Gasteiger partial charge in [-0.05, 0) is 43.7 Å². The van der Waals surface area contributed by atoms with Gasteiger partial charge in [0.15, 0.2) is 0 Å². The van der Waals surface area contributed by atoms with E-state index in [0.717, 1.165) is 11.3 Å². The maximum absolute atomic E-state index is 11.6. The van der Waals surface area contributed by atoms with E-state index in [0.29, 0.717) is 35.4 Å². The molecular weight excluding hydrogens is 431 g/mol. The number of hydrogen-bond donors (Lipinski definition) is 2. The molecule has 0 bridgehead atoms. The molecule has 2 atom stereocenters. The third-order valence-corrected chi connectivity index (χ3v) is 5.77. The van der Waals surface area contributed by atoms with Crippen molar-refractivity contribution in [3.05, 3.63) is 62.1 Å². The van der Waals surface area contributed by atoms with Crippen molar-refractivity contribution in [2.24, 2.45) is 0 Å². The number of nitro benzene ring substituents is 1. The van der Waals surface area contributed by atoms with Gasteiger partial charge in [0.25, 0.3) is 5.69 Å². The lowest BCUT2D eigenvalue weighted by Crippen LogP contribution is -2.53. The molecule has 1 aliphatic heterocycles. The minimum Gasteiger partial charge on any atom is -0.465 e. The predicted octanol–water partition coefficient (Wildman–Crippen LogP) is 5.26. The van der Waals surface area contributed by atoms with Crippen molar-refractivity contribution in [1.82, 2.24) is 4.90 Å². The Bertz CT molecular complexity index is 972. The number of carbonyl (C=O) groups is 1. The summed E-state index contributed by atoms with van der Waals surface area (Å²) in [5.41, 5.74) is 1.87. The van der Waals surface area contributed by atoms with Gasteiger partial charge in [-0.25, -0.2) is 4.79 Å². The summed E-state index contributed by atoms with van der Waals surface area (Å²) in [4.78, 5) is 25.8. The molecule has 30 heavy (non-hydrogen) atoms. The molecule has 0 radical (unpaired) electrons. The van der Waals surface area contributed by atoms with E-state index in [1.165, 1.54) is 11.0 Å². The van der Waals surface area contributed by atoms with Crippen molar-refractivity contribution in [3.8, 4) is 0 Å². The molecular formula is C20H22Cl2N4O4. The second kappa shape index (κ2) is 8.97. The van der Waals surface area contributed by atoms with Crippen LogP contribution in [-0.2, 0) is 0 Å². The Morgan fingerprint density at radius 3 is 2.60 bits per heavy atom. The van der Waals surface area contributed by atoms with Gasteiger partial charge in [-0.2, -0.15) is 0 Å². The highest BCUT2D eigenvalue weighted by molar-refractivity contribution is 6.35. The molecule has 2 N–H and O–H groups in total. The van der Waals surface area contributed by atoms with Gasteiger partial charge in [-0.15, -0.1) is 0 Å². The summed E-state index contributed by atoms with van der Waals surface area (Å²) in [6.07, 6.45) is -0.943. The topological polar surface area (TPSA) is 99.0 Å². The Morgan fingerprint density at radius 2 is 2.00 bits per heavy atom. The van der Waals surface area contributed by atoms with E-state index in [4.69, 9.17) is 23.2 Å². The number of carboxylic acid groups (broad SMARTS) is 1. The quantitative estimate of drug-likeness (QED) is 0.473. The molecule has 1 fully saturated rings. The maximum atomic E-state index is 11.6. The summed E-state index contributed by atoms with van der Waals surface area (Å²) < 4.78 is 0. The molecule has 1 amide bonds. The molecule has 0 spiro atoms. The Labute approximate surface area is 184 Å². The summed E-state index contributed by atoms with van der Waals surface area (Å²) in [5.74, 6) is 0. The maximum Gasteiger partial charge on any atom is 0.407 e. The van der Waals surface area contributed by atoms with Gasteiger partial charge in [0.2, 0.25) is 0 Å². The molecule has 2 aromatic rings. The molecule has 160 valence electrons. The first-order chi connectivity index (χ1) is 14.2. The van der Waals surface area contributed by atoms with Crippen LogP contribution in [0.15, 0.2) is 36.4 Å². The van der Waals surface area contributed by atoms with E-state index in [1.807, 2.05) is 18.7 Å². The Morgan fingerprint density at radius 1 is 1.27 bits per heavy atom. The minimum absolute atomic E-state index is 0.0486. The van der Waals surface area contributed by atoms with Crippen LogP contribution in [0.25, 0.3) is 0 Å². The summed E-state index contributed by atoms with van der Waals surface area (Å²) in [7, 11) is 0. The average Bonchev–Trinajstić information content (AvgIpc) is 2.67. The summed E-state index contributed by atoms with van der Waals surface area (Å²) in [6, 6.07) is 9.65. The van der Waals surface area contributed by atoms with Gasteiger partial charge in [-0.1, -0.05) is 29.3 Å². The van der Waals surface area contributed by atoms with E-state index in [1.54, 1.807) is 30.3 Å². The highest BCUT2D eigenvalue weighted by atomic mass is 35.5. The summed E-state index contributed by atoms with van der Waals surface area (Å²) in [5, 5.41) is 24.9. The number of piperazine rings is 1. The molecule has 1 aliphatic rings. The lowest BCUT2D eigenvalue weighted by atomic mass is 10.1. The number of amides is 1. The molecule has 2 aromatic carbocycles. The molecule has 10 heteroatoms. The lowest BCUT2D eigenvalue weighted by molar-refractivity contribution is -0.384. The third kappa shape index (κ3) is 4.71. The zero-order valence-electron chi connectivity index (χ0n) is 16.5. The summed E-state index contributed by atoms with van der Waals surface area (Å²) in [6.45, 7) is 5.03. The lowest BCUT2D eigenvalue weighted by Gasteiger charge is -2.40. The molecule has 0 saturated carbocycles. The normalized spacial score (nSPS) is 17.5. The highest BCUT2D eigenvalue weighted by Gasteiger charge is 2.28. The van der Waals surface area contributed by atoms with Crippen molar-refractivity contribution >= 4 is 46.4 Å². The fourth-order valence-corrected chi connectivity index (χ4v) is 4.23.